The van der Waals surface area contributed by atoms with Crippen molar-refractivity contribution in [2.75, 3.05) is 39.3 Å². The topological polar surface area (TPSA) is 64.7 Å². The van der Waals surface area contributed by atoms with E-state index in [-0.39, 0.29) is 30.3 Å². The summed E-state index contributed by atoms with van der Waals surface area (Å²) in [6.07, 6.45) is 0.455. The first-order valence-corrected chi connectivity index (χ1v) is 8.22. The van der Waals surface area contributed by atoms with Gasteiger partial charge >= 0.3 is 0 Å². The van der Waals surface area contributed by atoms with Gasteiger partial charge in [0.2, 0.25) is 11.8 Å². The maximum atomic E-state index is 13.2. The van der Waals surface area contributed by atoms with Crippen LogP contribution in [0.2, 0.25) is 0 Å². The lowest BCUT2D eigenvalue weighted by atomic mass is 10.1. The van der Waals surface area contributed by atoms with Gasteiger partial charge < -0.3 is 10.2 Å². The lowest BCUT2D eigenvalue weighted by Crippen LogP contribution is -2.54. The van der Waals surface area contributed by atoms with E-state index < -0.39 is 24.9 Å². The van der Waals surface area contributed by atoms with Crippen molar-refractivity contribution in [1.82, 2.24) is 20.4 Å². The van der Waals surface area contributed by atoms with Crippen molar-refractivity contribution >= 4 is 24.2 Å². The number of rotatable bonds is 5. The molecule has 2 unspecified atom stereocenters. The minimum atomic E-state index is -2.80. The molecule has 0 spiro atoms. The van der Waals surface area contributed by atoms with Crippen molar-refractivity contribution in [2.45, 2.75) is 44.7 Å². The minimum Gasteiger partial charge on any atom is -0.353 e. The molecule has 0 aliphatic carbocycles. The molecule has 0 saturated carbocycles. The highest BCUT2D eigenvalue weighted by molar-refractivity contribution is 5.85. The monoisotopic (exact) mass is 368 g/mol. The molecule has 0 aromatic rings. The first-order valence-electron chi connectivity index (χ1n) is 8.22. The summed E-state index contributed by atoms with van der Waals surface area (Å²) in [5.74, 6) is -3.07. The number of halogens is 3. The third-order valence-electron chi connectivity index (χ3n) is 4.48. The molecule has 2 saturated heterocycles. The third-order valence-corrected chi connectivity index (χ3v) is 4.48. The first-order chi connectivity index (χ1) is 10.8. The fraction of sp³-hybridized carbons (Fsp3) is 0.867. The quantitative estimate of drug-likeness (QED) is 0.740. The van der Waals surface area contributed by atoms with Gasteiger partial charge in [0.25, 0.3) is 5.92 Å². The Labute approximate surface area is 147 Å². The lowest BCUT2D eigenvalue weighted by Gasteiger charge is -2.35. The predicted molar refractivity (Wildman–Crippen MR) is 89.5 cm³/mol. The van der Waals surface area contributed by atoms with Gasteiger partial charge in [0, 0.05) is 38.6 Å². The molecule has 2 N–H and O–H groups in total. The second-order valence-corrected chi connectivity index (χ2v) is 6.47. The Hall–Kier alpha value is -0.990. The number of nitrogens with one attached hydrogen (secondary N) is 2. The normalized spacial score (nSPS) is 25.0. The van der Waals surface area contributed by atoms with E-state index in [1.807, 2.05) is 18.7 Å². The molecule has 0 aromatic heterocycles. The maximum Gasteiger partial charge on any atom is 0.262 e. The molecule has 2 aliphatic heterocycles. The van der Waals surface area contributed by atoms with Gasteiger partial charge in [-0.3, -0.25) is 19.8 Å². The van der Waals surface area contributed by atoms with Crippen LogP contribution in [-0.2, 0) is 9.59 Å². The number of alkyl halides is 2. The van der Waals surface area contributed by atoms with E-state index >= 15 is 0 Å². The summed E-state index contributed by atoms with van der Waals surface area (Å²) in [6.45, 7) is 5.96. The Morgan fingerprint density at radius 3 is 2.42 bits per heavy atom. The SMILES string of the molecule is CCC(C)NC(=O)CN1CCN(C(=O)C2CC(F)(F)CN2)CC1.Cl. The van der Waals surface area contributed by atoms with E-state index in [0.717, 1.165) is 6.42 Å². The summed E-state index contributed by atoms with van der Waals surface area (Å²) < 4.78 is 26.4. The Morgan fingerprint density at radius 1 is 1.29 bits per heavy atom. The van der Waals surface area contributed by atoms with Crippen LogP contribution in [-0.4, -0.2) is 78.9 Å². The lowest BCUT2D eigenvalue weighted by molar-refractivity contribution is -0.135. The van der Waals surface area contributed by atoms with Crippen LogP contribution >= 0.6 is 12.4 Å². The molecule has 24 heavy (non-hydrogen) atoms. The zero-order valence-electron chi connectivity index (χ0n) is 14.2. The molecule has 0 aromatic carbocycles. The standard InChI is InChI=1S/C15H26F2N4O2.ClH/c1-3-11(2)19-13(22)9-20-4-6-21(7-5-20)14(23)12-8-15(16,17)10-18-12;/h11-12,18H,3-10H2,1-2H3,(H,19,22);1H. The van der Waals surface area contributed by atoms with Gasteiger partial charge in [-0.15, -0.1) is 12.4 Å². The highest BCUT2D eigenvalue weighted by atomic mass is 35.5. The molecule has 2 heterocycles. The van der Waals surface area contributed by atoms with Gasteiger partial charge in [-0.05, 0) is 13.3 Å². The van der Waals surface area contributed by atoms with Gasteiger partial charge in [0.15, 0.2) is 0 Å². The zero-order valence-corrected chi connectivity index (χ0v) is 15.0. The predicted octanol–water partition coefficient (Wildman–Crippen LogP) is 0.464. The summed E-state index contributed by atoms with van der Waals surface area (Å²) in [7, 11) is 0. The molecule has 2 amide bonds. The summed E-state index contributed by atoms with van der Waals surface area (Å²) in [5, 5.41) is 5.51. The van der Waals surface area contributed by atoms with Crippen molar-refractivity contribution in [3.63, 3.8) is 0 Å². The fourth-order valence-corrected chi connectivity index (χ4v) is 2.86. The third kappa shape index (κ3) is 5.82. The van der Waals surface area contributed by atoms with E-state index in [0.29, 0.717) is 32.7 Å². The van der Waals surface area contributed by atoms with Crippen LogP contribution in [0.3, 0.4) is 0 Å². The number of nitrogens with zero attached hydrogens (tertiary/aromatic N) is 2. The van der Waals surface area contributed by atoms with Crippen LogP contribution in [0.5, 0.6) is 0 Å². The largest absolute Gasteiger partial charge is 0.353 e. The highest BCUT2D eigenvalue weighted by Crippen LogP contribution is 2.26. The van der Waals surface area contributed by atoms with Gasteiger partial charge in [0.05, 0.1) is 19.1 Å². The second-order valence-electron chi connectivity index (χ2n) is 6.47. The molecule has 6 nitrogen and oxygen atoms in total. The zero-order chi connectivity index (χ0) is 17.0. The van der Waals surface area contributed by atoms with Crippen LogP contribution in [0.25, 0.3) is 0 Å². The highest BCUT2D eigenvalue weighted by Gasteiger charge is 2.43. The molecule has 2 aliphatic rings. The van der Waals surface area contributed by atoms with E-state index in [2.05, 4.69) is 10.6 Å². The van der Waals surface area contributed by atoms with Crippen molar-refractivity contribution in [1.29, 1.82) is 0 Å². The minimum absolute atomic E-state index is 0. The summed E-state index contributed by atoms with van der Waals surface area (Å²) in [6, 6.07) is -0.634. The molecule has 0 radical (unpaired) electrons. The Balaban J connectivity index is 0.00000288. The average Bonchev–Trinajstić information content (AvgIpc) is 2.87. The van der Waals surface area contributed by atoms with Crippen LogP contribution in [0.4, 0.5) is 8.78 Å². The fourth-order valence-electron chi connectivity index (χ4n) is 2.86. The van der Waals surface area contributed by atoms with Crippen LogP contribution in [0.15, 0.2) is 0 Å². The molecular formula is C15H27ClF2N4O2. The van der Waals surface area contributed by atoms with Gasteiger partial charge in [-0.2, -0.15) is 0 Å². The van der Waals surface area contributed by atoms with Crippen LogP contribution in [0, 0.1) is 0 Å². The van der Waals surface area contributed by atoms with E-state index in [9.17, 15) is 18.4 Å². The molecule has 140 valence electrons. The molecule has 0 bridgehead atoms. The van der Waals surface area contributed by atoms with Gasteiger partial charge in [-0.1, -0.05) is 6.92 Å². The van der Waals surface area contributed by atoms with E-state index in [1.165, 1.54) is 0 Å². The van der Waals surface area contributed by atoms with E-state index in [1.54, 1.807) is 4.90 Å². The number of carbonyl (C=O) groups excluding carboxylic acids is 2. The van der Waals surface area contributed by atoms with Crippen molar-refractivity contribution in [3.05, 3.63) is 0 Å². The molecule has 9 heteroatoms. The van der Waals surface area contributed by atoms with Crippen molar-refractivity contribution in [3.8, 4) is 0 Å². The smallest absolute Gasteiger partial charge is 0.262 e. The number of carbonyl (C=O) groups is 2. The Bertz CT molecular complexity index is 445. The number of hydrogen-bond donors (Lipinski definition) is 2. The maximum absolute atomic E-state index is 13.2. The number of piperazine rings is 1. The Morgan fingerprint density at radius 2 is 1.92 bits per heavy atom. The van der Waals surface area contributed by atoms with E-state index in [4.69, 9.17) is 0 Å². The van der Waals surface area contributed by atoms with Gasteiger partial charge in [0.1, 0.15) is 0 Å². The Kier molecular flexibility index (Phi) is 7.82. The first kappa shape index (κ1) is 21.1. The number of hydrogen-bond acceptors (Lipinski definition) is 4. The van der Waals surface area contributed by atoms with Crippen LogP contribution < -0.4 is 10.6 Å². The molecule has 2 rings (SSSR count). The van der Waals surface area contributed by atoms with Gasteiger partial charge in [-0.25, -0.2) is 8.78 Å². The molecular weight excluding hydrogens is 342 g/mol. The van der Waals surface area contributed by atoms with Crippen molar-refractivity contribution < 1.29 is 18.4 Å². The number of amides is 2. The summed E-state index contributed by atoms with van der Waals surface area (Å²) in [5.41, 5.74) is 0. The van der Waals surface area contributed by atoms with Crippen molar-refractivity contribution in [2.24, 2.45) is 0 Å². The summed E-state index contributed by atoms with van der Waals surface area (Å²) >= 11 is 0. The van der Waals surface area contributed by atoms with Crippen LogP contribution in [0.1, 0.15) is 26.7 Å². The summed E-state index contributed by atoms with van der Waals surface area (Å²) in [4.78, 5) is 27.7. The average molecular weight is 369 g/mol. The molecule has 2 fully saturated rings. The molecule has 2 atom stereocenters. The second kappa shape index (κ2) is 8.92.